The van der Waals surface area contributed by atoms with E-state index in [4.69, 9.17) is 0 Å². The van der Waals surface area contributed by atoms with Gasteiger partial charge in [0.15, 0.2) is 0 Å². The summed E-state index contributed by atoms with van der Waals surface area (Å²) in [7, 11) is 0. The molecule has 1 amide bonds. The van der Waals surface area contributed by atoms with Crippen molar-refractivity contribution in [2.75, 3.05) is 6.61 Å². The van der Waals surface area contributed by atoms with Gasteiger partial charge in [-0.15, -0.1) is 0 Å². The van der Waals surface area contributed by atoms with Gasteiger partial charge in [0.25, 0.3) is 0 Å². The van der Waals surface area contributed by atoms with E-state index < -0.39 is 11.9 Å². The molecule has 1 N–H and O–H groups in total. The lowest BCUT2D eigenvalue weighted by molar-refractivity contribution is -0.138. The molecule has 0 saturated heterocycles. The van der Waals surface area contributed by atoms with Gasteiger partial charge in [0, 0.05) is 6.42 Å². The second-order valence-corrected chi connectivity index (χ2v) is 5.35. The number of carbonyl (C=O) groups excluding carboxylic acids is 3. The maximum atomic E-state index is 11.6. The highest BCUT2D eigenvalue weighted by molar-refractivity contribution is 6.02. The van der Waals surface area contributed by atoms with Gasteiger partial charge < -0.3 is 10.1 Å². The van der Waals surface area contributed by atoms with Crippen molar-refractivity contribution < 1.29 is 19.1 Å². The molecule has 0 unspecified atom stereocenters. The summed E-state index contributed by atoms with van der Waals surface area (Å²) in [6, 6.07) is 0. The Morgan fingerprint density at radius 1 is 1.14 bits per heavy atom. The monoisotopic (exact) mass is 295 g/mol. The Labute approximate surface area is 126 Å². The normalized spacial score (nSPS) is 13.8. The van der Waals surface area contributed by atoms with Crippen LogP contribution in [0.15, 0.2) is 11.8 Å². The lowest BCUT2D eigenvalue weighted by Crippen LogP contribution is -2.27. The number of ether oxygens (including phenoxy) is 1. The Morgan fingerprint density at radius 2 is 1.81 bits per heavy atom. The quantitative estimate of drug-likeness (QED) is 0.361. The number of esters is 1. The first kappa shape index (κ1) is 17.4. The van der Waals surface area contributed by atoms with Gasteiger partial charge in [0.2, 0.25) is 5.91 Å². The van der Waals surface area contributed by atoms with Crippen LogP contribution in [0.4, 0.5) is 0 Å². The molecular weight excluding hydrogens is 270 g/mol. The summed E-state index contributed by atoms with van der Waals surface area (Å²) in [5, 5.41) is 2.41. The number of unbranched alkanes of at least 4 members (excludes halogenated alkanes) is 6. The molecule has 0 fully saturated rings. The van der Waals surface area contributed by atoms with Crippen LogP contribution in [0, 0.1) is 0 Å². The Balaban J connectivity index is 2.05. The average Bonchev–Trinajstić information content (AvgIpc) is 2.83. The lowest BCUT2D eigenvalue weighted by atomic mass is 10.1. The van der Waals surface area contributed by atoms with Gasteiger partial charge in [-0.2, -0.15) is 0 Å². The van der Waals surface area contributed by atoms with E-state index in [9.17, 15) is 14.4 Å². The molecule has 0 bridgehead atoms. The van der Waals surface area contributed by atoms with Gasteiger partial charge in [-0.25, -0.2) is 4.79 Å². The number of ketones is 1. The minimum Gasteiger partial charge on any atom is -0.457 e. The van der Waals surface area contributed by atoms with Gasteiger partial charge >= 0.3 is 5.97 Å². The zero-order chi connectivity index (χ0) is 15.5. The Kier molecular flexibility index (Phi) is 8.40. The molecule has 0 aromatic rings. The van der Waals surface area contributed by atoms with Crippen molar-refractivity contribution in [2.45, 2.75) is 64.7 Å². The summed E-state index contributed by atoms with van der Waals surface area (Å²) >= 11 is 0. The Hall–Kier alpha value is -1.65. The Morgan fingerprint density at radius 3 is 2.43 bits per heavy atom. The largest absolute Gasteiger partial charge is 0.457 e. The minimum absolute atomic E-state index is 0.0759. The van der Waals surface area contributed by atoms with Crippen molar-refractivity contribution in [1.82, 2.24) is 5.32 Å². The predicted octanol–water partition coefficient (Wildman–Crippen LogP) is 2.64. The molecule has 0 radical (unpaired) electrons. The second kappa shape index (κ2) is 10.1. The van der Waals surface area contributed by atoms with Gasteiger partial charge in [-0.05, 0) is 12.5 Å². The third-order valence-corrected chi connectivity index (χ3v) is 3.41. The molecule has 0 aromatic heterocycles. The highest BCUT2D eigenvalue weighted by Gasteiger charge is 2.19. The topological polar surface area (TPSA) is 72.5 Å². The van der Waals surface area contributed by atoms with E-state index >= 15 is 0 Å². The number of Topliss-reactive ketones (excluding diaryl/α,β-unsaturated/α-hetero) is 1. The zero-order valence-corrected chi connectivity index (χ0v) is 12.8. The maximum Gasteiger partial charge on any atom is 0.354 e. The molecule has 1 aliphatic heterocycles. The van der Waals surface area contributed by atoms with Crippen molar-refractivity contribution in [3.63, 3.8) is 0 Å². The number of carbonyl (C=O) groups is 3. The van der Waals surface area contributed by atoms with Crippen LogP contribution in [0.1, 0.15) is 64.7 Å². The van der Waals surface area contributed by atoms with E-state index in [1.807, 2.05) is 0 Å². The van der Waals surface area contributed by atoms with E-state index in [-0.39, 0.29) is 24.5 Å². The Bertz CT molecular complexity index is 401. The highest BCUT2D eigenvalue weighted by Crippen LogP contribution is 2.09. The van der Waals surface area contributed by atoms with Crippen LogP contribution in [0.2, 0.25) is 0 Å². The van der Waals surface area contributed by atoms with Gasteiger partial charge in [-0.1, -0.05) is 45.4 Å². The third-order valence-electron chi connectivity index (χ3n) is 3.41. The first-order valence-corrected chi connectivity index (χ1v) is 7.82. The number of hydrogen-bond acceptors (Lipinski definition) is 4. The van der Waals surface area contributed by atoms with Gasteiger partial charge in [0.1, 0.15) is 18.1 Å². The van der Waals surface area contributed by atoms with Crippen molar-refractivity contribution in [3.8, 4) is 0 Å². The molecule has 1 heterocycles. The molecule has 0 aromatic carbocycles. The second-order valence-electron chi connectivity index (χ2n) is 5.35. The van der Waals surface area contributed by atoms with E-state index in [1.54, 1.807) is 0 Å². The summed E-state index contributed by atoms with van der Waals surface area (Å²) < 4.78 is 4.66. The summed E-state index contributed by atoms with van der Waals surface area (Å²) in [5.74, 6) is -1.05. The molecule has 0 saturated carbocycles. The van der Waals surface area contributed by atoms with Crippen LogP contribution in [0.25, 0.3) is 0 Å². The fourth-order valence-corrected chi connectivity index (χ4v) is 2.20. The van der Waals surface area contributed by atoms with Gasteiger partial charge in [-0.3, -0.25) is 9.59 Å². The standard InChI is InChI=1S/C16H25NO4/c1-2-3-4-5-6-7-8-9-13(18)12-15(19)17-14-10-11-21-16(14)20/h10H,2-9,11-12H2,1H3,(H,17,19). The molecule has 1 aliphatic rings. The molecule has 0 atom stereocenters. The van der Waals surface area contributed by atoms with E-state index in [1.165, 1.54) is 31.8 Å². The summed E-state index contributed by atoms with van der Waals surface area (Å²) in [4.78, 5) is 34.4. The van der Waals surface area contributed by atoms with E-state index in [0.717, 1.165) is 19.3 Å². The molecule has 1 rings (SSSR count). The average molecular weight is 295 g/mol. The zero-order valence-electron chi connectivity index (χ0n) is 12.8. The minimum atomic E-state index is -0.539. The van der Waals surface area contributed by atoms with Crippen molar-refractivity contribution in [3.05, 3.63) is 11.8 Å². The number of nitrogens with one attached hydrogen (secondary N) is 1. The maximum absolute atomic E-state index is 11.6. The molecule has 21 heavy (non-hydrogen) atoms. The first-order valence-electron chi connectivity index (χ1n) is 7.82. The molecule has 5 nitrogen and oxygen atoms in total. The van der Waals surface area contributed by atoms with Crippen LogP contribution in [-0.2, 0) is 19.1 Å². The van der Waals surface area contributed by atoms with Crippen LogP contribution < -0.4 is 5.32 Å². The van der Waals surface area contributed by atoms with Crippen LogP contribution >= 0.6 is 0 Å². The van der Waals surface area contributed by atoms with Crippen LogP contribution in [0.3, 0.4) is 0 Å². The SMILES string of the molecule is CCCCCCCCCC(=O)CC(=O)NC1=CCOC1=O. The van der Waals surface area contributed by atoms with Crippen molar-refractivity contribution in [2.24, 2.45) is 0 Å². The number of rotatable bonds is 11. The van der Waals surface area contributed by atoms with Crippen molar-refractivity contribution in [1.29, 1.82) is 0 Å². The highest BCUT2D eigenvalue weighted by atomic mass is 16.5. The van der Waals surface area contributed by atoms with Crippen molar-refractivity contribution >= 4 is 17.7 Å². The van der Waals surface area contributed by atoms with E-state index in [0.29, 0.717) is 6.42 Å². The fourth-order valence-electron chi connectivity index (χ4n) is 2.20. The number of cyclic esters (lactones) is 1. The first-order chi connectivity index (χ1) is 10.1. The van der Waals surface area contributed by atoms with Crippen LogP contribution in [-0.4, -0.2) is 24.3 Å². The number of hydrogen-bond donors (Lipinski definition) is 1. The lowest BCUT2D eigenvalue weighted by Gasteiger charge is -2.04. The summed E-state index contributed by atoms with van der Waals surface area (Å²) in [5.41, 5.74) is 0.142. The molecule has 118 valence electrons. The molecular formula is C16H25NO4. The summed E-state index contributed by atoms with van der Waals surface area (Å²) in [6.45, 7) is 2.37. The number of amides is 1. The molecule has 5 heteroatoms. The van der Waals surface area contributed by atoms with E-state index in [2.05, 4.69) is 17.0 Å². The smallest absolute Gasteiger partial charge is 0.354 e. The fraction of sp³-hybridized carbons (Fsp3) is 0.688. The van der Waals surface area contributed by atoms with Gasteiger partial charge in [0.05, 0.1) is 6.42 Å². The molecule has 0 aliphatic carbocycles. The molecule has 0 spiro atoms. The third kappa shape index (κ3) is 7.63. The summed E-state index contributed by atoms with van der Waals surface area (Å²) in [6.07, 6.45) is 9.79. The predicted molar refractivity (Wildman–Crippen MR) is 79.4 cm³/mol. The van der Waals surface area contributed by atoms with Crippen LogP contribution in [0.5, 0.6) is 0 Å².